The number of carbonyl (C=O) groups excluding carboxylic acids is 1. The third-order valence-electron chi connectivity index (χ3n) is 5.50. The minimum Gasteiger partial charge on any atom is -0.353 e. The Bertz CT molecular complexity index is 772. The Morgan fingerprint density at radius 3 is 2.81 bits per heavy atom. The van der Waals surface area contributed by atoms with Crippen LogP contribution in [-0.4, -0.2) is 40.7 Å². The number of likely N-dealkylation sites (tertiary alicyclic amines) is 1. The van der Waals surface area contributed by atoms with Crippen LogP contribution in [0.5, 0.6) is 0 Å². The summed E-state index contributed by atoms with van der Waals surface area (Å²) in [6, 6.07) is 13.0. The molecule has 2 aromatic rings. The van der Waals surface area contributed by atoms with Gasteiger partial charge in [0.15, 0.2) is 0 Å². The zero-order valence-electron chi connectivity index (χ0n) is 15.7. The second-order valence-corrected chi connectivity index (χ2v) is 8.56. The van der Waals surface area contributed by atoms with Crippen molar-refractivity contribution in [3.05, 3.63) is 59.4 Å². The highest BCUT2D eigenvalue weighted by Gasteiger charge is 2.21. The minimum atomic E-state index is 0.156. The van der Waals surface area contributed by atoms with E-state index in [0.717, 1.165) is 38.2 Å². The average molecular weight is 382 g/mol. The standard InChI is InChI=1S/C22H27N3OS/c26-22(16-27-21-8-7-17-4-3-5-18(17)14-21)24-19-9-12-25(13-10-19)15-20-6-1-2-11-23-20/h1-2,6-8,11,14,19H,3-5,9-10,12-13,15-16H2,(H,24,26). The molecule has 1 aliphatic carbocycles. The molecule has 5 heteroatoms. The zero-order valence-corrected chi connectivity index (χ0v) is 16.5. The molecule has 0 bridgehead atoms. The van der Waals surface area contributed by atoms with Crippen LogP contribution in [0.3, 0.4) is 0 Å². The average Bonchev–Trinajstić information content (AvgIpc) is 3.17. The number of nitrogens with one attached hydrogen (secondary N) is 1. The number of hydrogen-bond acceptors (Lipinski definition) is 4. The molecule has 0 unspecified atom stereocenters. The molecule has 2 heterocycles. The highest BCUT2D eigenvalue weighted by Crippen LogP contribution is 2.27. The van der Waals surface area contributed by atoms with Crippen LogP contribution in [-0.2, 0) is 24.2 Å². The minimum absolute atomic E-state index is 0.156. The summed E-state index contributed by atoms with van der Waals surface area (Å²) >= 11 is 1.65. The lowest BCUT2D eigenvalue weighted by molar-refractivity contribution is -0.119. The summed E-state index contributed by atoms with van der Waals surface area (Å²) in [7, 11) is 0. The maximum atomic E-state index is 12.3. The van der Waals surface area contributed by atoms with Crippen molar-refractivity contribution >= 4 is 17.7 Å². The van der Waals surface area contributed by atoms with Crippen LogP contribution in [0.15, 0.2) is 47.5 Å². The molecule has 1 amide bonds. The summed E-state index contributed by atoms with van der Waals surface area (Å²) in [6.45, 7) is 2.93. The Morgan fingerprint density at radius 2 is 2.00 bits per heavy atom. The SMILES string of the molecule is O=C(CSc1ccc2c(c1)CCC2)NC1CCN(Cc2ccccn2)CC1. The van der Waals surface area contributed by atoms with Crippen molar-refractivity contribution in [1.29, 1.82) is 0 Å². The first-order valence-corrected chi connectivity index (χ1v) is 10.9. The van der Waals surface area contributed by atoms with Gasteiger partial charge in [0.25, 0.3) is 0 Å². The number of piperidine rings is 1. The van der Waals surface area contributed by atoms with E-state index in [2.05, 4.69) is 39.5 Å². The summed E-state index contributed by atoms with van der Waals surface area (Å²) < 4.78 is 0. The van der Waals surface area contributed by atoms with Gasteiger partial charge in [-0.15, -0.1) is 11.8 Å². The lowest BCUT2D eigenvalue weighted by Gasteiger charge is -2.32. The van der Waals surface area contributed by atoms with Crippen molar-refractivity contribution in [1.82, 2.24) is 15.2 Å². The summed E-state index contributed by atoms with van der Waals surface area (Å²) in [4.78, 5) is 20.4. The summed E-state index contributed by atoms with van der Waals surface area (Å²) in [5, 5.41) is 3.22. The van der Waals surface area contributed by atoms with Gasteiger partial charge in [0.05, 0.1) is 11.4 Å². The highest BCUT2D eigenvalue weighted by molar-refractivity contribution is 8.00. The highest BCUT2D eigenvalue weighted by atomic mass is 32.2. The lowest BCUT2D eigenvalue weighted by atomic mass is 10.0. The largest absolute Gasteiger partial charge is 0.353 e. The smallest absolute Gasteiger partial charge is 0.230 e. The van der Waals surface area contributed by atoms with E-state index in [4.69, 9.17) is 0 Å². The van der Waals surface area contributed by atoms with Gasteiger partial charge in [-0.25, -0.2) is 0 Å². The number of benzene rings is 1. The summed E-state index contributed by atoms with van der Waals surface area (Å²) in [5.41, 5.74) is 4.08. The van der Waals surface area contributed by atoms with Gasteiger partial charge in [0.2, 0.25) is 5.91 Å². The fraction of sp³-hybridized carbons (Fsp3) is 0.455. The van der Waals surface area contributed by atoms with E-state index in [-0.39, 0.29) is 5.91 Å². The molecule has 0 saturated carbocycles. The van der Waals surface area contributed by atoms with Crippen LogP contribution in [0.1, 0.15) is 36.1 Å². The van der Waals surface area contributed by atoms with Crippen LogP contribution in [0, 0.1) is 0 Å². The van der Waals surface area contributed by atoms with Crippen LogP contribution < -0.4 is 5.32 Å². The number of carbonyl (C=O) groups is 1. The number of nitrogens with zero attached hydrogens (tertiary/aromatic N) is 2. The molecule has 0 atom stereocenters. The van der Waals surface area contributed by atoms with Crippen molar-refractivity contribution in [3.8, 4) is 0 Å². The first-order valence-electron chi connectivity index (χ1n) is 9.92. The number of rotatable bonds is 6. The molecule has 1 saturated heterocycles. The predicted molar refractivity (Wildman–Crippen MR) is 110 cm³/mol. The van der Waals surface area contributed by atoms with E-state index in [1.54, 1.807) is 11.8 Å². The topological polar surface area (TPSA) is 45.2 Å². The van der Waals surface area contributed by atoms with E-state index in [9.17, 15) is 4.79 Å². The molecule has 1 aromatic heterocycles. The van der Waals surface area contributed by atoms with E-state index >= 15 is 0 Å². The molecule has 1 aliphatic heterocycles. The Hall–Kier alpha value is -1.85. The van der Waals surface area contributed by atoms with Crippen LogP contribution in [0.25, 0.3) is 0 Å². The number of aryl methyl sites for hydroxylation is 2. The summed E-state index contributed by atoms with van der Waals surface area (Å²) in [6.07, 6.45) is 7.54. The van der Waals surface area contributed by atoms with E-state index in [1.165, 1.54) is 35.3 Å². The molecule has 4 nitrogen and oxygen atoms in total. The molecule has 1 N–H and O–H groups in total. The van der Waals surface area contributed by atoms with Gasteiger partial charge >= 0.3 is 0 Å². The maximum Gasteiger partial charge on any atom is 0.230 e. The third kappa shape index (κ3) is 5.11. The molecule has 0 radical (unpaired) electrons. The van der Waals surface area contributed by atoms with Gasteiger partial charge in [-0.2, -0.15) is 0 Å². The summed E-state index contributed by atoms with van der Waals surface area (Å²) in [5.74, 6) is 0.663. The second kappa shape index (κ2) is 8.89. The number of hydrogen-bond donors (Lipinski definition) is 1. The van der Waals surface area contributed by atoms with Gasteiger partial charge < -0.3 is 5.32 Å². The van der Waals surface area contributed by atoms with Gasteiger partial charge in [0.1, 0.15) is 0 Å². The number of amides is 1. The Morgan fingerprint density at radius 1 is 1.15 bits per heavy atom. The first-order chi connectivity index (χ1) is 13.3. The fourth-order valence-electron chi connectivity index (χ4n) is 4.01. The monoisotopic (exact) mass is 381 g/mol. The Labute approximate surface area is 165 Å². The zero-order chi connectivity index (χ0) is 18.5. The fourth-order valence-corrected chi connectivity index (χ4v) is 4.78. The molecule has 27 heavy (non-hydrogen) atoms. The lowest BCUT2D eigenvalue weighted by Crippen LogP contribution is -2.44. The van der Waals surface area contributed by atoms with E-state index < -0.39 is 0 Å². The molecule has 1 fully saturated rings. The van der Waals surface area contributed by atoms with Crippen LogP contribution in [0.2, 0.25) is 0 Å². The second-order valence-electron chi connectivity index (χ2n) is 7.51. The maximum absolute atomic E-state index is 12.3. The van der Waals surface area contributed by atoms with Crippen molar-refractivity contribution in [2.24, 2.45) is 0 Å². The van der Waals surface area contributed by atoms with E-state index in [0.29, 0.717) is 11.8 Å². The van der Waals surface area contributed by atoms with Crippen molar-refractivity contribution in [2.45, 2.75) is 49.6 Å². The molecule has 2 aliphatic rings. The van der Waals surface area contributed by atoms with Gasteiger partial charge in [0, 0.05) is 36.8 Å². The normalized spacial score (nSPS) is 17.6. The number of thioether (sulfide) groups is 1. The van der Waals surface area contributed by atoms with Crippen LogP contribution in [0.4, 0.5) is 0 Å². The van der Waals surface area contributed by atoms with Crippen LogP contribution >= 0.6 is 11.8 Å². The third-order valence-corrected chi connectivity index (χ3v) is 6.50. The van der Waals surface area contributed by atoms with Gasteiger partial charge in [-0.1, -0.05) is 12.1 Å². The van der Waals surface area contributed by atoms with E-state index in [1.807, 2.05) is 18.3 Å². The molecule has 0 spiro atoms. The molecule has 142 valence electrons. The Kier molecular flexibility index (Phi) is 6.10. The Balaban J connectivity index is 1.18. The first kappa shape index (κ1) is 18.5. The van der Waals surface area contributed by atoms with Crippen molar-refractivity contribution in [2.75, 3.05) is 18.8 Å². The predicted octanol–water partition coefficient (Wildman–Crippen LogP) is 3.44. The molecule has 1 aromatic carbocycles. The van der Waals surface area contributed by atoms with Gasteiger partial charge in [-0.3, -0.25) is 14.7 Å². The quantitative estimate of drug-likeness (QED) is 0.779. The number of pyridine rings is 1. The van der Waals surface area contributed by atoms with Crippen molar-refractivity contribution in [3.63, 3.8) is 0 Å². The number of fused-ring (bicyclic) bond motifs is 1. The molecule has 4 rings (SSSR count). The molecular weight excluding hydrogens is 354 g/mol. The molecular formula is C22H27N3OS. The van der Waals surface area contributed by atoms with Crippen molar-refractivity contribution < 1.29 is 4.79 Å². The van der Waals surface area contributed by atoms with Gasteiger partial charge in [-0.05, 0) is 67.5 Å². The number of aromatic nitrogens is 1.